The molecule has 1 aliphatic heterocycles. The highest BCUT2D eigenvalue weighted by Crippen LogP contribution is 2.26. The summed E-state index contributed by atoms with van der Waals surface area (Å²) in [6.07, 6.45) is 1.69. The Morgan fingerprint density at radius 1 is 1.54 bits per heavy atom. The van der Waals surface area contributed by atoms with Crippen molar-refractivity contribution in [2.75, 3.05) is 18.8 Å². The normalized spacial score (nSPS) is 19.2. The van der Waals surface area contributed by atoms with Crippen molar-refractivity contribution in [1.29, 1.82) is 0 Å². The van der Waals surface area contributed by atoms with Crippen LogP contribution in [-0.2, 0) is 15.9 Å². The lowest BCUT2D eigenvalue weighted by Crippen LogP contribution is -2.35. The molecule has 9 heteroatoms. The Bertz CT molecular complexity index is 619. The van der Waals surface area contributed by atoms with Gasteiger partial charge in [0.1, 0.15) is 11.4 Å². The SMILES string of the molecule is CC(C)(C)OC(=O)N1CCC(C[S+]([O-])c2ncccc2[N+](=O)[O-])C1. The molecule has 0 aromatic carbocycles. The van der Waals surface area contributed by atoms with Gasteiger partial charge in [-0.25, -0.2) is 9.78 Å². The van der Waals surface area contributed by atoms with E-state index >= 15 is 0 Å². The van der Waals surface area contributed by atoms with Gasteiger partial charge in [0, 0.05) is 42.4 Å². The predicted octanol–water partition coefficient (Wildman–Crippen LogP) is 2.35. The second-order valence-electron chi connectivity index (χ2n) is 6.68. The highest BCUT2D eigenvalue weighted by Gasteiger charge is 2.35. The Kier molecular flexibility index (Phi) is 5.66. The van der Waals surface area contributed by atoms with E-state index in [0.717, 1.165) is 0 Å². The van der Waals surface area contributed by atoms with Crippen molar-refractivity contribution < 1.29 is 19.0 Å². The molecule has 1 aromatic heterocycles. The number of pyridine rings is 1. The van der Waals surface area contributed by atoms with Crippen molar-refractivity contribution in [1.82, 2.24) is 9.88 Å². The molecule has 2 rings (SSSR count). The summed E-state index contributed by atoms with van der Waals surface area (Å²) in [5.41, 5.74) is -0.801. The summed E-state index contributed by atoms with van der Waals surface area (Å²) in [7, 11) is 0. The average Bonchev–Trinajstić information content (AvgIpc) is 2.94. The minimum absolute atomic E-state index is 0.0000353. The van der Waals surface area contributed by atoms with Crippen LogP contribution in [-0.4, -0.2) is 49.9 Å². The number of carbonyl (C=O) groups is 1. The van der Waals surface area contributed by atoms with Gasteiger partial charge >= 0.3 is 16.8 Å². The number of aromatic nitrogens is 1. The second kappa shape index (κ2) is 7.35. The van der Waals surface area contributed by atoms with E-state index < -0.39 is 21.7 Å². The van der Waals surface area contributed by atoms with Gasteiger partial charge < -0.3 is 14.2 Å². The molecular weight excluding hydrogens is 334 g/mol. The van der Waals surface area contributed by atoms with Gasteiger partial charge in [-0.05, 0) is 33.3 Å². The van der Waals surface area contributed by atoms with Gasteiger partial charge in [-0.3, -0.25) is 10.1 Å². The van der Waals surface area contributed by atoms with E-state index in [-0.39, 0.29) is 28.5 Å². The molecule has 2 heterocycles. The maximum Gasteiger partial charge on any atom is 0.410 e. The van der Waals surface area contributed by atoms with Gasteiger partial charge in [0.2, 0.25) is 0 Å². The number of nitrogens with zero attached hydrogens (tertiary/aromatic N) is 3. The van der Waals surface area contributed by atoms with Crippen molar-refractivity contribution in [3.63, 3.8) is 0 Å². The maximum absolute atomic E-state index is 12.4. The lowest BCUT2D eigenvalue weighted by Gasteiger charge is -2.24. The standard InChI is InChI=1S/C15H21N3O5S/c1-15(2,3)23-14(19)17-8-6-11(9-17)10-24(22)13-12(18(20)21)5-4-7-16-13/h4-5,7,11H,6,8-10H2,1-3H3. The zero-order valence-corrected chi connectivity index (χ0v) is 14.7. The van der Waals surface area contributed by atoms with Gasteiger partial charge in [-0.1, -0.05) is 0 Å². The van der Waals surface area contributed by atoms with E-state index in [1.807, 2.05) is 0 Å². The molecule has 0 N–H and O–H groups in total. The molecule has 1 fully saturated rings. The monoisotopic (exact) mass is 355 g/mol. The van der Waals surface area contributed by atoms with Gasteiger partial charge in [0.25, 0.3) is 0 Å². The molecule has 2 atom stereocenters. The fourth-order valence-electron chi connectivity index (χ4n) is 2.45. The molecule has 0 bridgehead atoms. The highest BCUT2D eigenvalue weighted by atomic mass is 32.2. The molecule has 1 saturated heterocycles. The largest absolute Gasteiger partial charge is 0.610 e. The Morgan fingerprint density at radius 3 is 2.88 bits per heavy atom. The first-order valence-corrected chi connectivity index (χ1v) is 8.95. The molecule has 132 valence electrons. The van der Waals surface area contributed by atoms with Crippen LogP contribution in [0.5, 0.6) is 0 Å². The van der Waals surface area contributed by atoms with E-state index in [1.54, 1.807) is 25.7 Å². The van der Waals surface area contributed by atoms with Crippen LogP contribution in [0.2, 0.25) is 0 Å². The Morgan fingerprint density at radius 2 is 2.25 bits per heavy atom. The van der Waals surface area contributed by atoms with Crippen molar-refractivity contribution in [2.24, 2.45) is 5.92 Å². The third-order valence-electron chi connectivity index (χ3n) is 3.49. The number of carbonyl (C=O) groups excluding carboxylic acids is 1. The zero-order valence-electron chi connectivity index (χ0n) is 13.9. The van der Waals surface area contributed by atoms with Crippen LogP contribution in [0.3, 0.4) is 0 Å². The van der Waals surface area contributed by atoms with Crippen LogP contribution in [0.15, 0.2) is 23.4 Å². The van der Waals surface area contributed by atoms with Crippen LogP contribution in [0.1, 0.15) is 27.2 Å². The second-order valence-corrected chi connectivity index (χ2v) is 8.09. The number of ether oxygens (including phenoxy) is 1. The number of amides is 1. The average molecular weight is 355 g/mol. The molecule has 1 amide bonds. The molecule has 1 aromatic rings. The first kappa shape index (κ1) is 18.5. The van der Waals surface area contributed by atoms with Crippen molar-refractivity contribution in [2.45, 2.75) is 37.8 Å². The van der Waals surface area contributed by atoms with E-state index in [2.05, 4.69) is 4.98 Å². The lowest BCUT2D eigenvalue weighted by molar-refractivity contribution is -0.388. The van der Waals surface area contributed by atoms with Crippen LogP contribution in [0.25, 0.3) is 0 Å². The Balaban J connectivity index is 1.96. The Labute approximate surface area is 143 Å². The first-order chi connectivity index (χ1) is 11.2. The topological polar surface area (TPSA) is 109 Å². The Hall–Kier alpha value is -1.87. The molecule has 24 heavy (non-hydrogen) atoms. The summed E-state index contributed by atoms with van der Waals surface area (Å²) in [4.78, 5) is 27.9. The number of likely N-dealkylation sites (tertiary alicyclic amines) is 1. The molecule has 2 unspecified atom stereocenters. The summed E-state index contributed by atoms with van der Waals surface area (Å²) in [5, 5.41) is 11.0. The lowest BCUT2D eigenvalue weighted by atomic mass is 10.2. The molecule has 1 aliphatic rings. The third kappa shape index (κ3) is 4.81. The molecular formula is C15H21N3O5S. The fourth-order valence-corrected chi connectivity index (χ4v) is 3.86. The van der Waals surface area contributed by atoms with Crippen LogP contribution >= 0.6 is 0 Å². The van der Waals surface area contributed by atoms with Gasteiger partial charge in [-0.15, -0.1) is 0 Å². The quantitative estimate of drug-likeness (QED) is 0.466. The van der Waals surface area contributed by atoms with Crippen LogP contribution in [0.4, 0.5) is 10.5 Å². The molecule has 0 saturated carbocycles. The highest BCUT2D eigenvalue weighted by molar-refractivity contribution is 7.91. The van der Waals surface area contributed by atoms with Gasteiger partial charge in [0.05, 0.1) is 4.92 Å². The first-order valence-electron chi connectivity index (χ1n) is 7.63. The summed E-state index contributed by atoms with van der Waals surface area (Å²) in [5.74, 6) is 0.233. The summed E-state index contributed by atoms with van der Waals surface area (Å²) in [6.45, 7) is 6.36. The van der Waals surface area contributed by atoms with E-state index in [9.17, 15) is 19.5 Å². The van der Waals surface area contributed by atoms with E-state index in [4.69, 9.17) is 4.74 Å². The van der Waals surface area contributed by atoms with E-state index in [0.29, 0.717) is 19.5 Å². The third-order valence-corrected chi connectivity index (χ3v) is 5.01. The number of hydrogen-bond donors (Lipinski definition) is 0. The van der Waals surface area contributed by atoms with Gasteiger partial charge in [-0.2, -0.15) is 0 Å². The van der Waals surface area contributed by atoms with E-state index in [1.165, 1.54) is 18.3 Å². The number of hydrogen-bond acceptors (Lipinski definition) is 6. The molecule has 0 spiro atoms. The van der Waals surface area contributed by atoms with Gasteiger partial charge in [0.15, 0.2) is 0 Å². The summed E-state index contributed by atoms with van der Waals surface area (Å²) >= 11 is -1.58. The minimum atomic E-state index is -1.58. The maximum atomic E-state index is 12.4. The smallest absolute Gasteiger partial charge is 0.410 e. The van der Waals surface area contributed by atoms with Crippen molar-refractivity contribution >= 4 is 23.0 Å². The number of nitro groups is 1. The molecule has 0 radical (unpaired) electrons. The van der Waals surface area contributed by atoms with Crippen LogP contribution < -0.4 is 0 Å². The predicted molar refractivity (Wildman–Crippen MR) is 88.1 cm³/mol. The van der Waals surface area contributed by atoms with Crippen molar-refractivity contribution in [3.05, 3.63) is 28.4 Å². The number of rotatable bonds is 4. The minimum Gasteiger partial charge on any atom is -0.610 e. The zero-order chi connectivity index (χ0) is 17.9. The molecule has 8 nitrogen and oxygen atoms in total. The van der Waals surface area contributed by atoms with Crippen LogP contribution in [0, 0.1) is 16.0 Å². The molecule has 0 aliphatic carbocycles. The summed E-state index contributed by atoms with van der Waals surface area (Å²) < 4.78 is 17.8. The summed E-state index contributed by atoms with van der Waals surface area (Å²) in [6, 6.07) is 2.74. The fraction of sp³-hybridized carbons (Fsp3) is 0.600. The van der Waals surface area contributed by atoms with Crippen molar-refractivity contribution in [3.8, 4) is 0 Å².